The third-order valence-electron chi connectivity index (χ3n) is 3.38. The quantitative estimate of drug-likeness (QED) is 0.845. The van der Waals surface area contributed by atoms with Gasteiger partial charge in [0, 0.05) is 19.2 Å². The number of nitrogens with zero attached hydrogens (tertiary/aromatic N) is 4. The van der Waals surface area contributed by atoms with Crippen LogP contribution in [-0.4, -0.2) is 25.7 Å². The van der Waals surface area contributed by atoms with Crippen LogP contribution >= 0.6 is 0 Å². The van der Waals surface area contributed by atoms with Crippen molar-refractivity contribution in [2.24, 2.45) is 0 Å². The summed E-state index contributed by atoms with van der Waals surface area (Å²) < 4.78 is 1.73. The van der Waals surface area contributed by atoms with Crippen molar-refractivity contribution in [2.75, 3.05) is 0 Å². The smallest absolute Gasteiger partial charge is 0.220 e. The summed E-state index contributed by atoms with van der Waals surface area (Å²) in [6.45, 7) is 4.77. The molecule has 2 heterocycles. The molecular formula is C15H21N5O. The Morgan fingerprint density at radius 1 is 1.48 bits per heavy atom. The minimum absolute atomic E-state index is 0.0231. The lowest BCUT2D eigenvalue weighted by Crippen LogP contribution is -2.29. The predicted octanol–water partition coefficient (Wildman–Crippen LogP) is 2.03. The number of pyridine rings is 1. The minimum atomic E-state index is -0.0231. The Kier molecular flexibility index (Phi) is 5.43. The van der Waals surface area contributed by atoms with Gasteiger partial charge in [0.15, 0.2) is 0 Å². The molecule has 21 heavy (non-hydrogen) atoms. The van der Waals surface area contributed by atoms with E-state index in [0.29, 0.717) is 13.0 Å². The molecular weight excluding hydrogens is 266 g/mol. The number of amides is 1. The average molecular weight is 287 g/mol. The van der Waals surface area contributed by atoms with Crippen LogP contribution in [0.4, 0.5) is 0 Å². The van der Waals surface area contributed by atoms with Gasteiger partial charge in [0.1, 0.15) is 12.7 Å². The lowest BCUT2D eigenvalue weighted by molar-refractivity contribution is -0.122. The van der Waals surface area contributed by atoms with Crippen LogP contribution in [-0.2, 0) is 11.3 Å². The van der Waals surface area contributed by atoms with Crippen LogP contribution in [0.2, 0.25) is 0 Å². The molecule has 6 heteroatoms. The van der Waals surface area contributed by atoms with Crippen molar-refractivity contribution in [3.05, 3.63) is 42.2 Å². The summed E-state index contributed by atoms with van der Waals surface area (Å²) in [5.41, 5.74) is 2.05. The van der Waals surface area contributed by atoms with E-state index in [0.717, 1.165) is 24.1 Å². The van der Waals surface area contributed by atoms with Crippen LogP contribution in [0.3, 0.4) is 0 Å². The molecule has 6 nitrogen and oxygen atoms in total. The number of rotatable bonds is 7. The highest BCUT2D eigenvalue weighted by Gasteiger charge is 2.15. The first-order valence-electron chi connectivity index (χ1n) is 7.24. The van der Waals surface area contributed by atoms with Crippen molar-refractivity contribution in [1.82, 2.24) is 25.1 Å². The molecule has 0 aliphatic rings. The standard InChI is InChI=1S/C15H21N5O/c1-3-13(15-12(2)6-4-8-17-15)19-14(21)7-5-9-20-11-16-10-18-20/h4,6,8,10-11,13H,3,5,7,9H2,1-2H3,(H,19,21)/t13-/m0/s1. The van der Waals surface area contributed by atoms with Crippen LogP contribution < -0.4 is 5.32 Å². The van der Waals surface area contributed by atoms with Crippen molar-refractivity contribution in [3.8, 4) is 0 Å². The normalized spacial score (nSPS) is 12.1. The number of carbonyl (C=O) groups excluding carboxylic acids is 1. The summed E-state index contributed by atoms with van der Waals surface area (Å²) >= 11 is 0. The number of nitrogens with one attached hydrogen (secondary N) is 1. The molecule has 0 fully saturated rings. The molecule has 0 aromatic carbocycles. The fraction of sp³-hybridized carbons (Fsp3) is 0.467. The van der Waals surface area contributed by atoms with Crippen LogP contribution in [0.15, 0.2) is 31.0 Å². The van der Waals surface area contributed by atoms with Gasteiger partial charge < -0.3 is 5.32 Å². The molecule has 1 atom stereocenters. The first-order chi connectivity index (χ1) is 10.2. The molecule has 112 valence electrons. The summed E-state index contributed by atoms with van der Waals surface area (Å²) in [5.74, 6) is 0.0482. The third-order valence-corrected chi connectivity index (χ3v) is 3.38. The zero-order chi connectivity index (χ0) is 15.1. The summed E-state index contributed by atoms with van der Waals surface area (Å²) in [6, 6.07) is 3.90. The van der Waals surface area contributed by atoms with Gasteiger partial charge in [-0.2, -0.15) is 5.10 Å². The second-order valence-corrected chi connectivity index (χ2v) is 5.00. The van der Waals surface area contributed by atoms with E-state index in [4.69, 9.17) is 0 Å². The van der Waals surface area contributed by atoms with E-state index in [1.165, 1.54) is 6.33 Å². The Balaban J connectivity index is 1.84. The lowest BCUT2D eigenvalue weighted by Gasteiger charge is -2.18. The molecule has 0 saturated heterocycles. The zero-order valence-electron chi connectivity index (χ0n) is 12.5. The Morgan fingerprint density at radius 2 is 2.33 bits per heavy atom. The van der Waals surface area contributed by atoms with E-state index in [2.05, 4.69) is 27.3 Å². The van der Waals surface area contributed by atoms with Gasteiger partial charge in [-0.3, -0.25) is 14.5 Å². The van der Waals surface area contributed by atoms with Gasteiger partial charge in [-0.05, 0) is 31.4 Å². The maximum atomic E-state index is 12.0. The molecule has 0 spiro atoms. The maximum absolute atomic E-state index is 12.0. The number of aromatic nitrogens is 4. The molecule has 0 saturated carbocycles. The van der Waals surface area contributed by atoms with Crippen molar-refractivity contribution in [1.29, 1.82) is 0 Å². The van der Waals surface area contributed by atoms with Gasteiger partial charge in [-0.15, -0.1) is 0 Å². The summed E-state index contributed by atoms with van der Waals surface area (Å²) in [6.07, 6.45) is 6.96. The van der Waals surface area contributed by atoms with Crippen LogP contribution in [0.5, 0.6) is 0 Å². The van der Waals surface area contributed by atoms with Gasteiger partial charge in [-0.25, -0.2) is 4.98 Å². The van der Waals surface area contributed by atoms with E-state index < -0.39 is 0 Å². The molecule has 0 aliphatic heterocycles. The number of hydrogen-bond donors (Lipinski definition) is 1. The molecule has 0 radical (unpaired) electrons. The van der Waals surface area contributed by atoms with E-state index in [9.17, 15) is 4.79 Å². The topological polar surface area (TPSA) is 72.7 Å². The van der Waals surface area contributed by atoms with Crippen molar-refractivity contribution < 1.29 is 4.79 Å². The Labute approximate surface area is 124 Å². The van der Waals surface area contributed by atoms with Crippen molar-refractivity contribution >= 4 is 5.91 Å². The van der Waals surface area contributed by atoms with Crippen molar-refractivity contribution in [3.63, 3.8) is 0 Å². The first kappa shape index (κ1) is 15.2. The Bertz CT molecular complexity index is 567. The first-order valence-corrected chi connectivity index (χ1v) is 7.24. The number of hydrogen-bond acceptors (Lipinski definition) is 4. The third kappa shape index (κ3) is 4.37. The zero-order valence-corrected chi connectivity index (χ0v) is 12.5. The molecule has 0 bridgehead atoms. The van der Waals surface area contributed by atoms with Gasteiger partial charge >= 0.3 is 0 Å². The number of aryl methyl sites for hydroxylation is 2. The van der Waals surface area contributed by atoms with E-state index in [-0.39, 0.29) is 11.9 Å². The highest BCUT2D eigenvalue weighted by atomic mass is 16.1. The molecule has 2 rings (SSSR count). The molecule has 0 unspecified atom stereocenters. The van der Waals surface area contributed by atoms with E-state index in [1.54, 1.807) is 17.2 Å². The molecule has 1 N–H and O–H groups in total. The molecule has 2 aromatic heterocycles. The van der Waals surface area contributed by atoms with Crippen LogP contribution in [0, 0.1) is 6.92 Å². The highest BCUT2D eigenvalue weighted by Crippen LogP contribution is 2.17. The average Bonchev–Trinajstić information content (AvgIpc) is 2.99. The van der Waals surface area contributed by atoms with Crippen LogP contribution in [0.25, 0.3) is 0 Å². The minimum Gasteiger partial charge on any atom is -0.348 e. The SMILES string of the molecule is CC[C@H](NC(=O)CCCn1cncn1)c1ncccc1C. The Hall–Kier alpha value is -2.24. The predicted molar refractivity (Wildman–Crippen MR) is 79.4 cm³/mol. The maximum Gasteiger partial charge on any atom is 0.220 e. The monoisotopic (exact) mass is 287 g/mol. The molecule has 1 amide bonds. The van der Waals surface area contributed by atoms with Gasteiger partial charge in [-0.1, -0.05) is 13.0 Å². The summed E-state index contributed by atoms with van der Waals surface area (Å²) in [4.78, 5) is 20.3. The van der Waals surface area contributed by atoms with Crippen LogP contribution in [0.1, 0.15) is 43.5 Å². The fourth-order valence-electron chi connectivity index (χ4n) is 2.24. The van der Waals surface area contributed by atoms with E-state index in [1.807, 2.05) is 19.1 Å². The van der Waals surface area contributed by atoms with E-state index >= 15 is 0 Å². The molecule has 2 aromatic rings. The second-order valence-electron chi connectivity index (χ2n) is 5.00. The second kappa shape index (κ2) is 7.52. The van der Waals surface area contributed by atoms with Crippen molar-refractivity contribution in [2.45, 2.75) is 45.7 Å². The number of carbonyl (C=O) groups is 1. The largest absolute Gasteiger partial charge is 0.348 e. The van der Waals surface area contributed by atoms with Gasteiger partial charge in [0.2, 0.25) is 5.91 Å². The van der Waals surface area contributed by atoms with Gasteiger partial charge in [0.25, 0.3) is 0 Å². The summed E-state index contributed by atoms with van der Waals surface area (Å²) in [7, 11) is 0. The van der Waals surface area contributed by atoms with Gasteiger partial charge in [0.05, 0.1) is 11.7 Å². The fourth-order valence-corrected chi connectivity index (χ4v) is 2.24. The molecule has 0 aliphatic carbocycles. The Morgan fingerprint density at radius 3 is 3.00 bits per heavy atom. The summed E-state index contributed by atoms with van der Waals surface area (Å²) in [5, 5.41) is 7.07. The highest BCUT2D eigenvalue weighted by molar-refractivity contribution is 5.76. The lowest BCUT2D eigenvalue weighted by atomic mass is 10.1.